The van der Waals surface area contributed by atoms with Crippen LogP contribution in [-0.4, -0.2) is 47.4 Å². The van der Waals surface area contributed by atoms with Gasteiger partial charge in [-0.15, -0.1) is 11.6 Å². The fourth-order valence-electron chi connectivity index (χ4n) is 1.95. The Kier molecular flexibility index (Phi) is 5.00. The molecule has 1 aliphatic rings. The number of hydrogen-bond donors (Lipinski definition) is 0. The maximum Gasteiger partial charge on any atom is 0.243 e. The van der Waals surface area contributed by atoms with Crippen molar-refractivity contribution in [1.82, 2.24) is 4.31 Å². The topological polar surface area (TPSA) is 54.5 Å². The molecule has 0 radical (unpaired) electrons. The highest BCUT2D eigenvalue weighted by molar-refractivity contribution is 7.89. The van der Waals surface area contributed by atoms with Crippen LogP contribution in [0.1, 0.15) is 5.56 Å². The summed E-state index contributed by atoms with van der Waals surface area (Å²) in [5.74, 6) is 1.36. The zero-order chi connectivity index (χ0) is 13.9. The molecule has 0 aromatic heterocycles. The molecule has 2 rings (SSSR count). The van der Waals surface area contributed by atoms with Gasteiger partial charge in [0, 0.05) is 41.3 Å². The summed E-state index contributed by atoms with van der Waals surface area (Å²) in [6.07, 6.45) is 0.727. The lowest BCUT2D eigenvalue weighted by atomic mass is 10.2. The first-order valence-electron chi connectivity index (χ1n) is 6.04. The van der Waals surface area contributed by atoms with Crippen LogP contribution in [0.2, 0.25) is 0 Å². The Labute approximate surface area is 121 Å². The van der Waals surface area contributed by atoms with E-state index in [4.69, 9.17) is 11.6 Å². The van der Waals surface area contributed by atoms with Crippen LogP contribution in [0.25, 0.3) is 0 Å². The Morgan fingerprint density at radius 1 is 1.16 bits per heavy atom. The molecule has 1 aromatic carbocycles. The monoisotopic (exact) mass is 321 g/mol. The molecule has 0 saturated carbocycles. The molecule has 1 fully saturated rings. The van der Waals surface area contributed by atoms with Crippen molar-refractivity contribution >= 4 is 32.4 Å². The summed E-state index contributed by atoms with van der Waals surface area (Å²) in [6, 6.07) is 6.81. The molecule has 0 N–H and O–H groups in total. The molecule has 0 amide bonds. The summed E-state index contributed by atoms with van der Waals surface area (Å²) >= 11 is 5.65. The van der Waals surface area contributed by atoms with Crippen molar-refractivity contribution in [3.05, 3.63) is 29.8 Å². The Morgan fingerprint density at radius 3 is 2.26 bits per heavy atom. The molecule has 0 aliphatic carbocycles. The van der Waals surface area contributed by atoms with Gasteiger partial charge in [0.05, 0.1) is 4.90 Å². The number of nitrogens with zero attached hydrogens (tertiary/aromatic N) is 1. The third-order valence-corrected chi connectivity index (χ3v) is 6.46. The van der Waals surface area contributed by atoms with Crippen LogP contribution in [0.3, 0.4) is 0 Å². The number of halogens is 1. The van der Waals surface area contributed by atoms with Crippen LogP contribution in [0.5, 0.6) is 0 Å². The quantitative estimate of drug-likeness (QED) is 0.784. The summed E-state index contributed by atoms with van der Waals surface area (Å²) < 4.78 is 37.4. The number of rotatable bonds is 4. The van der Waals surface area contributed by atoms with Crippen molar-refractivity contribution in [2.45, 2.75) is 11.3 Å². The lowest BCUT2D eigenvalue weighted by Gasteiger charge is -2.25. The normalized spacial score (nSPS) is 18.6. The Bertz CT molecular complexity index is 547. The third kappa shape index (κ3) is 3.56. The Morgan fingerprint density at radius 2 is 1.74 bits per heavy atom. The van der Waals surface area contributed by atoms with Crippen LogP contribution < -0.4 is 0 Å². The van der Waals surface area contributed by atoms with Gasteiger partial charge in [0.15, 0.2) is 0 Å². The first kappa shape index (κ1) is 15.0. The maximum absolute atomic E-state index is 12.4. The highest BCUT2D eigenvalue weighted by Gasteiger charge is 2.27. The maximum atomic E-state index is 12.4. The van der Waals surface area contributed by atoms with Gasteiger partial charge < -0.3 is 0 Å². The predicted octanol–water partition coefficient (Wildman–Crippen LogP) is 1.22. The van der Waals surface area contributed by atoms with Crippen LogP contribution in [-0.2, 0) is 27.2 Å². The first-order valence-corrected chi connectivity index (χ1v) is 9.50. The smallest absolute Gasteiger partial charge is 0.243 e. The van der Waals surface area contributed by atoms with Crippen molar-refractivity contribution in [1.29, 1.82) is 0 Å². The molecule has 0 unspecified atom stereocenters. The largest absolute Gasteiger partial charge is 0.259 e. The highest BCUT2D eigenvalue weighted by Crippen LogP contribution is 2.18. The van der Waals surface area contributed by atoms with E-state index in [1.807, 2.05) is 0 Å². The minimum atomic E-state index is -3.45. The molecular formula is C12H16ClNO3S2. The zero-order valence-electron chi connectivity index (χ0n) is 10.4. The van der Waals surface area contributed by atoms with E-state index < -0.39 is 20.8 Å². The minimum Gasteiger partial charge on any atom is -0.259 e. The lowest BCUT2D eigenvalue weighted by Crippen LogP contribution is -2.41. The van der Waals surface area contributed by atoms with E-state index in [1.54, 1.807) is 24.3 Å². The SMILES string of the molecule is O=S1CCN(S(=O)(=O)c2ccc(CCCl)cc2)CC1. The van der Waals surface area contributed by atoms with Gasteiger partial charge in [-0.1, -0.05) is 12.1 Å². The van der Waals surface area contributed by atoms with Gasteiger partial charge in [0.2, 0.25) is 10.0 Å². The molecule has 106 valence electrons. The highest BCUT2D eigenvalue weighted by atomic mass is 35.5. The molecule has 4 nitrogen and oxygen atoms in total. The van der Waals surface area contributed by atoms with E-state index in [-0.39, 0.29) is 0 Å². The van der Waals surface area contributed by atoms with Crippen LogP contribution >= 0.6 is 11.6 Å². The molecule has 7 heteroatoms. The van der Waals surface area contributed by atoms with Gasteiger partial charge in [0.1, 0.15) is 0 Å². The van der Waals surface area contributed by atoms with Crippen molar-refractivity contribution in [2.24, 2.45) is 0 Å². The van der Waals surface area contributed by atoms with Gasteiger partial charge >= 0.3 is 0 Å². The van der Waals surface area contributed by atoms with Crippen LogP contribution in [0.15, 0.2) is 29.2 Å². The molecule has 1 aliphatic heterocycles. The summed E-state index contributed by atoms with van der Waals surface area (Å²) in [5.41, 5.74) is 1.02. The number of hydrogen-bond acceptors (Lipinski definition) is 3. The van der Waals surface area contributed by atoms with Crippen molar-refractivity contribution in [2.75, 3.05) is 30.5 Å². The Hall–Kier alpha value is -0.430. The van der Waals surface area contributed by atoms with Gasteiger partial charge in [-0.2, -0.15) is 4.31 Å². The predicted molar refractivity (Wildman–Crippen MR) is 77.5 cm³/mol. The molecular weight excluding hydrogens is 306 g/mol. The molecule has 1 heterocycles. The average Bonchev–Trinajstić information content (AvgIpc) is 2.40. The molecule has 0 atom stereocenters. The van der Waals surface area contributed by atoms with E-state index in [0.29, 0.717) is 35.4 Å². The fraction of sp³-hybridized carbons (Fsp3) is 0.500. The van der Waals surface area contributed by atoms with Crippen molar-refractivity contribution in [3.63, 3.8) is 0 Å². The number of sulfonamides is 1. The van der Waals surface area contributed by atoms with E-state index in [0.717, 1.165) is 12.0 Å². The summed E-state index contributed by atoms with van der Waals surface area (Å²) in [5, 5.41) is 0. The first-order chi connectivity index (χ1) is 9.04. The third-order valence-electron chi connectivity index (χ3n) is 3.08. The summed E-state index contributed by atoms with van der Waals surface area (Å²) in [6.45, 7) is 0.663. The summed E-state index contributed by atoms with van der Waals surface area (Å²) in [7, 11) is -4.33. The van der Waals surface area contributed by atoms with Crippen molar-refractivity contribution in [3.8, 4) is 0 Å². The second-order valence-corrected chi connectivity index (χ2v) is 8.35. The van der Waals surface area contributed by atoms with Gasteiger partial charge in [-0.25, -0.2) is 8.42 Å². The molecule has 1 saturated heterocycles. The Balaban J connectivity index is 2.17. The minimum absolute atomic E-state index is 0.290. The van der Waals surface area contributed by atoms with E-state index in [9.17, 15) is 12.6 Å². The van der Waals surface area contributed by atoms with E-state index >= 15 is 0 Å². The van der Waals surface area contributed by atoms with Crippen LogP contribution in [0, 0.1) is 0 Å². The number of benzene rings is 1. The van der Waals surface area contributed by atoms with E-state index in [2.05, 4.69) is 0 Å². The van der Waals surface area contributed by atoms with Crippen LogP contribution in [0.4, 0.5) is 0 Å². The number of aryl methyl sites for hydroxylation is 1. The molecule has 0 spiro atoms. The lowest BCUT2D eigenvalue weighted by molar-refractivity contribution is 0.438. The van der Waals surface area contributed by atoms with Crippen molar-refractivity contribution < 1.29 is 12.6 Å². The molecule has 19 heavy (non-hydrogen) atoms. The van der Waals surface area contributed by atoms with E-state index in [1.165, 1.54) is 4.31 Å². The second kappa shape index (κ2) is 6.35. The van der Waals surface area contributed by atoms with Gasteiger partial charge in [-0.05, 0) is 24.1 Å². The standard InChI is InChI=1S/C12H16ClNO3S2/c13-6-5-11-1-3-12(4-2-11)19(16,17)14-7-9-18(15)10-8-14/h1-4H,5-10H2. The average molecular weight is 322 g/mol. The fourth-order valence-corrected chi connectivity index (χ4v) is 4.89. The molecule has 1 aromatic rings. The molecule has 0 bridgehead atoms. The summed E-state index contributed by atoms with van der Waals surface area (Å²) in [4.78, 5) is 0.290. The van der Waals surface area contributed by atoms with Gasteiger partial charge in [-0.3, -0.25) is 4.21 Å². The second-order valence-electron chi connectivity index (χ2n) is 4.34. The number of alkyl halides is 1. The van der Waals surface area contributed by atoms with Gasteiger partial charge in [0.25, 0.3) is 0 Å². The zero-order valence-corrected chi connectivity index (χ0v) is 12.8.